The number of hydrogen-bond acceptors (Lipinski definition) is 5. The van der Waals surface area contributed by atoms with Crippen LogP contribution in [0.5, 0.6) is 0 Å². The number of halogens is 2. The number of amides is 1. The first-order chi connectivity index (χ1) is 15.0. The molecule has 2 heterocycles. The van der Waals surface area contributed by atoms with Crippen LogP contribution in [0.15, 0.2) is 41.4 Å². The van der Waals surface area contributed by atoms with E-state index in [1.165, 1.54) is 28.6 Å². The van der Waals surface area contributed by atoms with Crippen molar-refractivity contribution < 1.29 is 4.79 Å². The van der Waals surface area contributed by atoms with E-state index < -0.39 is 0 Å². The maximum atomic E-state index is 12.5. The molecule has 1 aliphatic carbocycles. The highest BCUT2D eigenvalue weighted by Gasteiger charge is 2.24. The van der Waals surface area contributed by atoms with Gasteiger partial charge >= 0.3 is 0 Å². The first-order valence-corrected chi connectivity index (χ1v) is 12.6. The van der Waals surface area contributed by atoms with Gasteiger partial charge in [-0.2, -0.15) is 0 Å². The van der Waals surface area contributed by atoms with Gasteiger partial charge < -0.3 is 5.32 Å². The highest BCUT2D eigenvalue weighted by atomic mass is 35.5. The fourth-order valence-corrected chi connectivity index (χ4v) is 6.16. The molecule has 3 aromatic rings. The number of rotatable bonds is 7. The summed E-state index contributed by atoms with van der Waals surface area (Å²) in [5.74, 6) is 1.51. The highest BCUT2D eigenvalue weighted by molar-refractivity contribution is 7.99. The second kappa shape index (κ2) is 9.77. The summed E-state index contributed by atoms with van der Waals surface area (Å²) in [6.07, 6.45) is 5.21. The number of para-hydroxylation sites is 1. The Morgan fingerprint density at radius 2 is 2.16 bits per heavy atom. The van der Waals surface area contributed by atoms with E-state index in [1.807, 2.05) is 10.6 Å². The van der Waals surface area contributed by atoms with Gasteiger partial charge in [-0.3, -0.25) is 9.36 Å². The largest absolute Gasteiger partial charge is 0.323 e. The Balaban J connectivity index is 1.52. The Bertz CT molecular complexity index is 1100. The van der Waals surface area contributed by atoms with E-state index >= 15 is 0 Å². The Morgan fingerprint density at radius 3 is 2.90 bits per heavy atom. The van der Waals surface area contributed by atoms with Crippen LogP contribution in [0.4, 0.5) is 5.69 Å². The normalized spacial score (nSPS) is 15.5. The molecule has 1 atom stereocenters. The van der Waals surface area contributed by atoms with Gasteiger partial charge in [0, 0.05) is 22.4 Å². The molecule has 9 heteroatoms. The number of carbonyl (C=O) groups excluding carboxylic acids is 1. The zero-order valence-electron chi connectivity index (χ0n) is 17.0. The summed E-state index contributed by atoms with van der Waals surface area (Å²) in [4.78, 5) is 13.9. The molecule has 1 unspecified atom stereocenters. The first-order valence-electron chi connectivity index (χ1n) is 9.98. The fourth-order valence-electron chi connectivity index (χ4n) is 3.68. The lowest BCUT2D eigenvalue weighted by molar-refractivity contribution is -0.113. The van der Waals surface area contributed by atoms with Crippen molar-refractivity contribution in [3.63, 3.8) is 0 Å². The predicted octanol–water partition coefficient (Wildman–Crippen LogP) is 6.36. The second-order valence-corrected chi connectivity index (χ2v) is 10.3. The van der Waals surface area contributed by atoms with Crippen LogP contribution in [0.3, 0.4) is 0 Å². The lowest BCUT2D eigenvalue weighted by atomic mass is 9.88. The maximum Gasteiger partial charge on any atom is 0.234 e. The lowest BCUT2D eigenvalue weighted by Gasteiger charge is -2.19. The van der Waals surface area contributed by atoms with Crippen LogP contribution in [-0.2, 0) is 24.2 Å². The fraction of sp³-hybridized carbons (Fsp3) is 0.318. The molecule has 2 aromatic heterocycles. The summed E-state index contributed by atoms with van der Waals surface area (Å²) in [7, 11) is 0. The standard InChI is InChI=1S/C22H22Cl2N4OS2/c1-3-9-28-21(15-11-30-18-10-13(2)7-8-14(15)18)26-27-22(28)31-12-19(29)25-20-16(23)5-4-6-17(20)24/h3-6,11,13H,1,7-10,12H2,2H3,(H,25,29). The predicted molar refractivity (Wildman–Crippen MR) is 131 cm³/mol. The zero-order valence-corrected chi connectivity index (χ0v) is 20.2. The minimum absolute atomic E-state index is 0.163. The van der Waals surface area contributed by atoms with Crippen LogP contribution >= 0.6 is 46.3 Å². The summed E-state index contributed by atoms with van der Waals surface area (Å²) >= 11 is 15.4. The van der Waals surface area contributed by atoms with E-state index in [1.54, 1.807) is 29.5 Å². The SMILES string of the molecule is C=CCn1c(SCC(=O)Nc2c(Cl)cccc2Cl)nnc1-c1csc2c1CCC(C)C2. The molecular weight excluding hydrogens is 471 g/mol. The van der Waals surface area contributed by atoms with Crippen LogP contribution in [0.25, 0.3) is 11.4 Å². The molecule has 0 fully saturated rings. The van der Waals surface area contributed by atoms with Crippen molar-refractivity contribution in [1.29, 1.82) is 0 Å². The van der Waals surface area contributed by atoms with Gasteiger partial charge in [-0.05, 0) is 42.9 Å². The Morgan fingerprint density at radius 1 is 1.39 bits per heavy atom. The smallest absolute Gasteiger partial charge is 0.234 e. The van der Waals surface area contributed by atoms with Crippen molar-refractivity contribution in [2.24, 2.45) is 5.92 Å². The van der Waals surface area contributed by atoms with Crippen molar-refractivity contribution >= 4 is 57.9 Å². The van der Waals surface area contributed by atoms with Crippen molar-refractivity contribution in [3.05, 3.63) is 56.7 Å². The molecule has 0 radical (unpaired) electrons. The number of anilines is 1. The van der Waals surface area contributed by atoms with Crippen molar-refractivity contribution in [2.75, 3.05) is 11.1 Å². The minimum Gasteiger partial charge on any atom is -0.323 e. The number of carbonyl (C=O) groups is 1. The molecule has 1 aromatic carbocycles. The summed E-state index contributed by atoms with van der Waals surface area (Å²) in [6, 6.07) is 5.11. The second-order valence-electron chi connectivity index (χ2n) is 7.54. The zero-order chi connectivity index (χ0) is 22.0. The number of nitrogens with zero attached hydrogens (tertiary/aromatic N) is 3. The summed E-state index contributed by atoms with van der Waals surface area (Å²) < 4.78 is 2.02. The van der Waals surface area contributed by atoms with Crippen LogP contribution in [0.2, 0.25) is 10.0 Å². The number of nitrogens with one attached hydrogen (secondary N) is 1. The summed E-state index contributed by atoms with van der Waals surface area (Å²) in [5, 5.41) is 15.3. The van der Waals surface area contributed by atoms with E-state index in [9.17, 15) is 4.79 Å². The lowest BCUT2D eigenvalue weighted by Crippen LogP contribution is -2.15. The molecule has 0 aliphatic heterocycles. The van der Waals surface area contributed by atoms with E-state index in [0.717, 1.165) is 30.1 Å². The third-order valence-electron chi connectivity index (χ3n) is 5.23. The van der Waals surface area contributed by atoms with E-state index in [4.69, 9.17) is 23.2 Å². The summed E-state index contributed by atoms with van der Waals surface area (Å²) in [6.45, 7) is 6.75. The molecular formula is C22H22Cl2N4OS2. The summed E-state index contributed by atoms with van der Waals surface area (Å²) in [5.41, 5.74) is 2.97. The van der Waals surface area contributed by atoms with E-state index in [0.29, 0.717) is 27.4 Å². The molecule has 1 aliphatic rings. The molecule has 162 valence electrons. The number of benzene rings is 1. The van der Waals surface area contributed by atoms with Crippen LogP contribution in [0.1, 0.15) is 23.8 Å². The minimum atomic E-state index is -0.211. The number of hydrogen-bond donors (Lipinski definition) is 1. The number of allylic oxidation sites excluding steroid dienone is 1. The maximum absolute atomic E-state index is 12.5. The van der Waals surface area contributed by atoms with Gasteiger partial charge in [0.05, 0.1) is 21.5 Å². The molecule has 4 rings (SSSR count). The van der Waals surface area contributed by atoms with E-state index in [-0.39, 0.29) is 11.7 Å². The third-order valence-corrected chi connectivity index (χ3v) is 7.88. The number of fused-ring (bicyclic) bond motifs is 1. The molecule has 31 heavy (non-hydrogen) atoms. The van der Waals surface area contributed by atoms with Crippen molar-refractivity contribution in [2.45, 2.75) is 37.9 Å². The quantitative estimate of drug-likeness (QED) is 0.308. The molecule has 1 amide bonds. The van der Waals surface area contributed by atoms with Gasteiger partial charge in [0.2, 0.25) is 5.91 Å². The van der Waals surface area contributed by atoms with Crippen molar-refractivity contribution in [1.82, 2.24) is 14.8 Å². The van der Waals surface area contributed by atoms with Gasteiger partial charge in [0.1, 0.15) is 0 Å². The van der Waals surface area contributed by atoms with Crippen LogP contribution in [-0.4, -0.2) is 26.4 Å². The Labute approximate surface area is 199 Å². The molecule has 0 saturated carbocycles. The highest BCUT2D eigenvalue weighted by Crippen LogP contribution is 2.38. The number of thiophene rings is 1. The van der Waals surface area contributed by atoms with Crippen molar-refractivity contribution in [3.8, 4) is 11.4 Å². The van der Waals surface area contributed by atoms with Crippen LogP contribution < -0.4 is 5.32 Å². The third kappa shape index (κ3) is 4.85. The molecule has 0 saturated heterocycles. The number of aromatic nitrogens is 3. The topological polar surface area (TPSA) is 59.8 Å². The molecule has 5 nitrogen and oxygen atoms in total. The van der Waals surface area contributed by atoms with Gasteiger partial charge in [-0.25, -0.2) is 0 Å². The monoisotopic (exact) mass is 492 g/mol. The number of thioether (sulfide) groups is 1. The van der Waals surface area contributed by atoms with Gasteiger partial charge in [0.25, 0.3) is 0 Å². The van der Waals surface area contributed by atoms with Gasteiger partial charge in [-0.1, -0.05) is 54.0 Å². The Hall–Kier alpha value is -1.80. The van der Waals surface area contributed by atoms with Gasteiger partial charge in [-0.15, -0.1) is 28.1 Å². The van der Waals surface area contributed by atoms with Crippen LogP contribution in [0, 0.1) is 5.92 Å². The Kier molecular flexibility index (Phi) is 7.06. The molecule has 1 N–H and O–H groups in total. The van der Waals surface area contributed by atoms with E-state index in [2.05, 4.69) is 34.4 Å². The molecule has 0 spiro atoms. The average molecular weight is 493 g/mol. The first kappa shape index (κ1) is 22.4. The van der Waals surface area contributed by atoms with Gasteiger partial charge in [0.15, 0.2) is 11.0 Å². The molecule has 0 bridgehead atoms. The average Bonchev–Trinajstić information content (AvgIpc) is 3.33.